The van der Waals surface area contributed by atoms with Crippen molar-refractivity contribution in [1.82, 2.24) is 19.8 Å². The minimum absolute atomic E-state index is 0.142. The van der Waals surface area contributed by atoms with Crippen LogP contribution < -0.4 is 4.90 Å². The Morgan fingerprint density at radius 3 is 2.54 bits per heavy atom. The van der Waals surface area contributed by atoms with Crippen molar-refractivity contribution in [2.75, 3.05) is 37.6 Å². The van der Waals surface area contributed by atoms with E-state index in [1.165, 1.54) is 10.5 Å². The van der Waals surface area contributed by atoms with Gasteiger partial charge in [-0.25, -0.2) is 14.8 Å². The van der Waals surface area contributed by atoms with Gasteiger partial charge in [0.1, 0.15) is 5.82 Å². The standard InChI is InChI=1S/C20H24ClN5O2/c1-14-17-16(7-8-26(14)13-15-5-3-2-4-6-15)18(23-19(21)22-17)24-9-11-25(12-10-24)20(27)28/h2-6,14H,7-13H2,1H3,(H,27,28). The minimum atomic E-state index is -0.868. The van der Waals surface area contributed by atoms with Crippen molar-refractivity contribution in [2.45, 2.75) is 25.9 Å². The van der Waals surface area contributed by atoms with Gasteiger partial charge in [0, 0.05) is 44.8 Å². The molecule has 2 aliphatic rings. The highest BCUT2D eigenvalue weighted by Crippen LogP contribution is 2.35. The van der Waals surface area contributed by atoms with Gasteiger partial charge in [-0.1, -0.05) is 30.3 Å². The van der Waals surface area contributed by atoms with E-state index in [-0.39, 0.29) is 11.3 Å². The van der Waals surface area contributed by atoms with Crippen molar-refractivity contribution >= 4 is 23.5 Å². The largest absolute Gasteiger partial charge is 0.465 e. The van der Waals surface area contributed by atoms with Gasteiger partial charge in [0.25, 0.3) is 0 Å². The van der Waals surface area contributed by atoms with Crippen LogP contribution in [0.5, 0.6) is 0 Å². The van der Waals surface area contributed by atoms with Crippen LogP contribution in [0.2, 0.25) is 5.28 Å². The van der Waals surface area contributed by atoms with Crippen molar-refractivity contribution in [1.29, 1.82) is 0 Å². The van der Waals surface area contributed by atoms with E-state index in [4.69, 9.17) is 11.6 Å². The third-order valence-electron chi connectivity index (χ3n) is 5.66. The van der Waals surface area contributed by atoms with Crippen molar-refractivity contribution < 1.29 is 9.90 Å². The lowest BCUT2D eigenvalue weighted by atomic mass is 9.98. The predicted molar refractivity (Wildman–Crippen MR) is 108 cm³/mol. The van der Waals surface area contributed by atoms with Crippen molar-refractivity contribution in [3.63, 3.8) is 0 Å². The molecule has 7 nitrogen and oxygen atoms in total. The van der Waals surface area contributed by atoms with Gasteiger partial charge >= 0.3 is 6.09 Å². The Morgan fingerprint density at radius 1 is 1.14 bits per heavy atom. The van der Waals surface area contributed by atoms with E-state index in [2.05, 4.69) is 51.0 Å². The van der Waals surface area contributed by atoms with Gasteiger partial charge < -0.3 is 14.9 Å². The Hall–Kier alpha value is -2.38. The van der Waals surface area contributed by atoms with Gasteiger partial charge in [-0.05, 0) is 30.5 Å². The zero-order chi connectivity index (χ0) is 19.7. The molecule has 4 rings (SSSR count). The van der Waals surface area contributed by atoms with E-state index in [1.807, 2.05) is 6.07 Å². The van der Waals surface area contributed by atoms with Gasteiger partial charge in [-0.3, -0.25) is 4.90 Å². The molecule has 2 aromatic rings. The third kappa shape index (κ3) is 3.77. The lowest BCUT2D eigenvalue weighted by molar-refractivity contribution is 0.142. The number of benzene rings is 1. The molecule has 0 bridgehead atoms. The molecule has 1 amide bonds. The highest BCUT2D eigenvalue weighted by molar-refractivity contribution is 6.28. The summed E-state index contributed by atoms with van der Waals surface area (Å²) in [6.07, 6.45) is -0.00871. The lowest BCUT2D eigenvalue weighted by Crippen LogP contribution is -2.49. The molecule has 28 heavy (non-hydrogen) atoms. The molecule has 0 radical (unpaired) electrons. The summed E-state index contributed by atoms with van der Waals surface area (Å²) in [7, 11) is 0. The van der Waals surface area contributed by atoms with E-state index in [0.29, 0.717) is 26.2 Å². The number of aromatic nitrogens is 2. The van der Waals surface area contributed by atoms with E-state index < -0.39 is 6.09 Å². The summed E-state index contributed by atoms with van der Waals surface area (Å²) in [6.45, 7) is 6.15. The highest BCUT2D eigenvalue weighted by atomic mass is 35.5. The first kappa shape index (κ1) is 19.0. The molecular weight excluding hydrogens is 378 g/mol. The van der Waals surface area contributed by atoms with Crippen LogP contribution in [0, 0.1) is 0 Å². The van der Waals surface area contributed by atoms with Crippen molar-refractivity contribution in [3.05, 3.63) is 52.4 Å². The van der Waals surface area contributed by atoms with Crippen LogP contribution in [0.1, 0.15) is 29.8 Å². The number of hydrogen-bond donors (Lipinski definition) is 1. The van der Waals surface area contributed by atoms with E-state index >= 15 is 0 Å². The first-order valence-corrected chi connectivity index (χ1v) is 9.98. The fourth-order valence-electron chi connectivity index (χ4n) is 4.07. The molecule has 1 N–H and O–H groups in total. The monoisotopic (exact) mass is 401 g/mol. The Labute approximate surface area is 169 Å². The van der Waals surface area contributed by atoms with Crippen LogP contribution in [0.15, 0.2) is 30.3 Å². The quantitative estimate of drug-likeness (QED) is 0.797. The van der Waals surface area contributed by atoms with E-state index in [0.717, 1.165) is 36.6 Å². The molecule has 1 fully saturated rings. The summed E-state index contributed by atoms with van der Waals surface area (Å²) >= 11 is 6.28. The summed E-state index contributed by atoms with van der Waals surface area (Å²) < 4.78 is 0. The fourth-order valence-corrected chi connectivity index (χ4v) is 4.24. The van der Waals surface area contributed by atoms with Gasteiger partial charge in [-0.15, -0.1) is 0 Å². The second kappa shape index (κ2) is 7.93. The molecule has 0 spiro atoms. The molecule has 1 saturated heterocycles. The highest BCUT2D eigenvalue weighted by Gasteiger charge is 2.31. The minimum Gasteiger partial charge on any atom is -0.465 e. The number of hydrogen-bond acceptors (Lipinski definition) is 5. The molecule has 3 heterocycles. The number of anilines is 1. The first-order valence-electron chi connectivity index (χ1n) is 9.60. The number of amides is 1. The molecule has 1 atom stereocenters. The average molecular weight is 402 g/mol. The maximum absolute atomic E-state index is 11.2. The fraction of sp³-hybridized carbons (Fsp3) is 0.450. The number of carboxylic acid groups (broad SMARTS) is 1. The van der Waals surface area contributed by atoms with E-state index in [1.54, 1.807) is 0 Å². The first-order chi connectivity index (χ1) is 13.5. The normalized spacial score (nSPS) is 20.1. The molecular formula is C20H24ClN5O2. The van der Waals surface area contributed by atoms with Crippen molar-refractivity contribution in [3.8, 4) is 0 Å². The number of rotatable bonds is 3. The summed E-state index contributed by atoms with van der Waals surface area (Å²) in [5, 5.41) is 9.42. The number of carbonyl (C=O) groups is 1. The average Bonchev–Trinajstić information content (AvgIpc) is 2.71. The summed E-state index contributed by atoms with van der Waals surface area (Å²) in [5.41, 5.74) is 3.41. The molecule has 1 unspecified atom stereocenters. The second-order valence-electron chi connectivity index (χ2n) is 7.32. The number of fused-ring (bicyclic) bond motifs is 1. The van der Waals surface area contributed by atoms with Crippen LogP contribution >= 0.6 is 11.6 Å². The second-order valence-corrected chi connectivity index (χ2v) is 7.66. The molecule has 1 aromatic carbocycles. The molecule has 148 valence electrons. The van der Waals surface area contributed by atoms with Crippen LogP contribution in [0.3, 0.4) is 0 Å². The van der Waals surface area contributed by atoms with Gasteiger partial charge in [0.2, 0.25) is 5.28 Å². The lowest BCUT2D eigenvalue weighted by Gasteiger charge is -2.39. The Kier molecular flexibility index (Phi) is 5.37. The molecule has 1 aromatic heterocycles. The SMILES string of the molecule is CC1c2nc(Cl)nc(N3CCN(C(=O)O)CC3)c2CCN1Cc1ccccc1. The Balaban J connectivity index is 1.56. The van der Waals surface area contributed by atoms with Gasteiger partial charge in [0.05, 0.1) is 11.7 Å². The third-order valence-corrected chi connectivity index (χ3v) is 5.83. The Bertz CT molecular complexity index is 855. The van der Waals surface area contributed by atoms with Crippen LogP contribution in [0.4, 0.5) is 10.6 Å². The smallest absolute Gasteiger partial charge is 0.407 e. The number of piperazine rings is 1. The van der Waals surface area contributed by atoms with Crippen LogP contribution in [-0.2, 0) is 13.0 Å². The summed E-state index contributed by atoms with van der Waals surface area (Å²) in [6, 6.07) is 10.6. The van der Waals surface area contributed by atoms with Gasteiger partial charge in [-0.2, -0.15) is 0 Å². The van der Waals surface area contributed by atoms with Crippen molar-refractivity contribution in [2.24, 2.45) is 0 Å². The number of halogens is 1. The maximum Gasteiger partial charge on any atom is 0.407 e. The zero-order valence-corrected chi connectivity index (χ0v) is 16.6. The summed E-state index contributed by atoms with van der Waals surface area (Å²) in [4.78, 5) is 26.2. The Morgan fingerprint density at radius 2 is 1.86 bits per heavy atom. The van der Waals surface area contributed by atoms with E-state index in [9.17, 15) is 9.90 Å². The van der Waals surface area contributed by atoms with Crippen LogP contribution in [0.25, 0.3) is 0 Å². The van der Waals surface area contributed by atoms with Crippen LogP contribution in [-0.4, -0.2) is 63.7 Å². The molecule has 0 saturated carbocycles. The van der Waals surface area contributed by atoms with Gasteiger partial charge in [0.15, 0.2) is 0 Å². The summed E-state index contributed by atoms with van der Waals surface area (Å²) in [5.74, 6) is 0.867. The predicted octanol–water partition coefficient (Wildman–Crippen LogP) is 3.05. The molecule has 2 aliphatic heterocycles. The maximum atomic E-state index is 11.2. The molecule has 8 heteroatoms. The topological polar surface area (TPSA) is 72.8 Å². The zero-order valence-electron chi connectivity index (χ0n) is 15.9. The number of nitrogens with zero attached hydrogens (tertiary/aromatic N) is 5. The molecule has 0 aliphatic carbocycles.